The summed E-state index contributed by atoms with van der Waals surface area (Å²) in [4.78, 5) is 4.62. The number of fused-ring (bicyclic) bond motifs is 1. The number of hydrogen-bond acceptors (Lipinski definition) is 6. The summed E-state index contributed by atoms with van der Waals surface area (Å²) in [5.74, 6) is 1.29. The van der Waals surface area contributed by atoms with Gasteiger partial charge in [-0.2, -0.15) is 0 Å². The van der Waals surface area contributed by atoms with E-state index in [4.69, 9.17) is 4.42 Å². The summed E-state index contributed by atoms with van der Waals surface area (Å²) in [5, 5.41) is 9.95. The minimum absolute atomic E-state index is 0.564. The van der Waals surface area contributed by atoms with Crippen molar-refractivity contribution in [1.29, 1.82) is 0 Å². The second kappa shape index (κ2) is 6.37. The van der Waals surface area contributed by atoms with Crippen LogP contribution in [-0.2, 0) is 5.75 Å². The Morgan fingerprint density at radius 3 is 2.62 bits per heavy atom. The topological polar surface area (TPSA) is 51.8 Å². The first-order valence-electron chi connectivity index (χ1n) is 7.57. The van der Waals surface area contributed by atoms with Gasteiger partial charge < -0.3 is 4.42 Å². The van der Waals surface area contributed by atoms with E-state index in [1.165, 1.54) is 27.6 Å². The van der Waals surface area contributed by atoms with Gasteiger partial charge in [-0.1, -0.05) is 41.1 Å². The summed E-state index contributed by atoms with van der Waals surface area (Å²) in [6.07, 6.45) is 0. The van der Waals surface area contributed by atoms with Crippen molar-refractivity contribution in [2.24, 2.45) is 0 Å². The number of benzene rings is 2. The second-order valence-corrected chi connectivity index (χ2v) is 7.66. The van der Waals surface area contributed by atoms with E-state index in [1.54, 1.807) is 11.3 Å². The molecule has 0 N–H and O–H groups in total. The van der Waals surface area contributed by atoms with Crippen molar-refractivity contribution in [2.45, 2.75) is 24.8 Å². The van der Waals surface area contributed by atoms with Crippen LogP contribution in [0.3, 0.4) is 0 Å². The Balaban J connectivity index is 1.50. The van der Waals surface area contributed by atoms with Gasteiger partial charge in [0.25, 0.3) is 5.22 Å². The molecule has 2 aromatic heterocycles. The van der Waals surface area contributed by atoms with Crippen LogP contribution >= 0.6 is 23.1 Å². The third-order valence-electron chi connectivity index (χ3n) is 3.53. The fraction of sp³-hybridized carbons (Fsp3) is 0.167. The predicted octanol–water partition coefficient (Wildman–Crippen LogP) is 5.26. The van der Waals surface area contributed by atoms with Crippen molar-refractivity contribution in [1.82, 2.24) is 15.2 Å². The highest BCUT2D eigenvalue weighted by Gasteiger charge is 2.11. The molecule has 0 bridgehead atoms. The standard InChI is InChI=1S/C18H15N3OS2/c1-11-7-12(2)9-13(8-11)17-20-21-18(22-17)23-10-16-19-14-5-3-4-6-15(14)24-16/h3-9H,10H2,1-2H3. The molecule has 4 rings (SSSR count). The zero-order valence-corrected chi connectivity index (χ0v) is 14.9. The molecular weight excluding hydrogens is 338 g/mol. The van der Waals surface area contributed by atoms with Crippen molar-refractivity contribution in [3.8, 4) is 11.5 Å². The molecule has 0 fully saturated rings. The Bertz CT molecular complexity index is 953. The van der Waals surface area contributed by atoms with Crippen molar-refractivity contribution >= 4 is 33.3 Å². The van der Waals surface area contributed by atoms with Crippen LogP contribution in [0.4, 0.5) is 0 Å². The van der Waals surface area contributed by atoms with Gasteiger partial charge in [0.05, 0.1) is 16.0 Å². The lowest BCUT2D eigenvalue weighted by Crippen LogP contribution is -1.82. The van der Waals surface area contributed by atoms with E-state index in [-0.39, 0.29) is 0 Å². The number of nitrogens with zero attached hydrogens (tertiary/aromatic N) is 3. The van der Waals surface area contributed by atoms with E-state index in [1.807, 2.05) is 18.2 Å². The molecule has 0 unspecified atom stereocenters. The fourth-order valence-corrected chi connectivity index (χ4v) is 4.31. The van der Waals surface area contributed by atoms with Crippen LogP contribution in [0, 0.1) is 13.8 Å². The van der Waals surface area contributed by atoms with Crippen molar-refractivity contribution in [2.75, 3.05) is 0 Å². The van der Waals surface area contributed by atoms with E-state index in [0.717, 1.165) is 21.8 Å². The van der Waals surface area contributed by atoms with Gasteiger partial charge >= 0.3 is 0 Å². The Labute approximate surface area is 148 Å². The normalized spacial score (nSPS) is 11.2. The SMILES string of the molecule is Cc1cc(C)cc(-c2nnc(SCc3nc4ccccc4s3)o2)c1. The molecule has 0 amide bonds. The summed E-state index contributed by atoms with van der Waals surface area (Å²) in [6, 6.07) is 14.4. The summed E-state index contributed by atoms with van der Waals surface area (Å²) in [5.41, 5.74) is 4.38. The number of thiazole rings is 1. The highest BCUT2D eigenvalue weighted by molar-refractivity contribution is 7.98. The summed E-state index contributed by atoms with van der Waals surface area (Å²) >= 11 is 3.22. The zero-order valence-electron chi connectivity index (χ0n) is 13.3. The number of rotatable bonds is 4. The molecule has 0 spiro atoms. The highest BCUT2D eigenvalue weighted by atomic mass is 32.2. The fourth-order valence-electron chi connectivity index (χ4n) is 2.59. The molecule has 4 nitrogen and oxygen atoms in total. The molecular formula is C18H15N3OS2. The molecule has 0 aliphatic carbocycles. The van der Waals surface area contributed by atoms with E-state index < -0.39 is 0 Å². The Hall–Kier alpha value is -2.18. The number of hydrogen-bond donors (Lipinski definition) is 0. The van der Waals surface area contributed by atoms with Crippen LogP contribution in [0.25, 0.3) is 21.7 Å². The van der Waals surface area contributed by atoms with Gasteiger partial charge in [0.2, 0.25) is 5.89 Å². The molecule has 2 aromatic carbocycles. The van der Waals surface area contributed by atoms with Crippen molar-refractivity contribution < 1.29 is 4.42 Å². The second-order valence-electron chi connectivity index (χ2n) is 5.61. The first-order valence-corrected chi connectivity index (χ1v) is 9.37. The van der Waals surface area contributed by atoms with Crippen LogP contribution in [0.5, 0.6) is 0 Å². The van der Waals surface area contributed by atoms with Gasteiger partial charge in [-0.25, -0.2) is 4.98 Å². The van der Waals surface area contributed by atoms with Gasteiger partial charge in [-0.15, -0.1) is 21.5 Å². The lowest BCUT2D eigenvalue weighted by atomic mass is 10.1. The maximum absolute atomic E-state index is 5.79. The number of para-hydroxylation sites is 1. The van der Waals surface area contributed by atoms with Crippen LogP contribution in [0.15, 0.2) is 52.1 Å². The average Bonchev–Trinajstić information content (AvgIpc) is 3.18. The quantitative estimate of drug-likeness (QED) is 0.469. The number of aromatic nitrogens is 3. The molecule has 6 heteroatoms. The lowest BCUT2D eigenvalue weighted by molar-refractivity contribution is 0.466. The van der Waals surface area contributed by atoms with Gasteiger partial charge in [0.1, 0.15) is 5.01 Å². The van der Waals surface area contributed by atoms with E-state index in [0.29, 0.717) is 11.1 Å². The predicted molar refractivity (Wildman–Crippen MR) is 98.4 cm³/mol. The highest BCUT2D eigenvalue weighted by Crippen LogP contribution is 2.29. The summed E-state index contributed by atoms with van der Waals surface area (Å²) in [7, 11) is 0. The largest absolute Gasteiger partial charge is 0.411 e. The Morgan fingerprint density at radius 1 is 1.04 bits per heavy atom. The van der Waals surface area contributed by atoms with Crippen LogP contribution in [0.2, 0.25) is 0 Å². The Morgan fingerprint density at radius 2 is 1.83 bits per heavy atom. The molecule has 0 radical (unpaired) electrons. The zero-order chi connectivity index (χ0) is 16.5. The molecule has 0 aliphatic rings. The maximum Gasteiger partial charge on any atom is 0.277 e. The third kappa shape index (κ3) is 3.20. The van der Waals surface area contributed by atoms with E-state index >= 15 is 0 Å². The van der Waals surface area contributed by atoms with Crippen LogP contribution in [-0.4, -0.2) is 15.2 Å². The molecule has 0 aliphatic heterocycles. The molecule has 0 saturated heterocycles. The molecule has 0 atom stereocenters. The lowest BCUT2D eigenvalue weighted by Gasteiger charge is -1.99. The van der Waals surface area contributed by atoms with Gasteiger partial charge in [-0.3, -0.25) is 0 Å². The summed E-state index contributed by atoms with van der Waals surface area (Å²) < 4.78 is 7.00. The maximum atomic E-state index is 5.79. The monoisotopic (exact) mass is 353 g/mol. The number of aryl methyl sites for hydroxylation is 2. The van der Waals surface area contributed by atoms with E-state index in [9.17, 15) is 0 Å². The summed E-state index contributed by atoms with van der Waals surface area (Å²) in [6.45, 7) is 4.13. The molecule has 2 heterocycles. The smallest absolute Gasteiger partial charge is 0.277 e. The minimum Gasteiger partial charge on any atom is -0.411 e. The van der Waals surface area contributed by atoms with Crippen molar-refractivity contribution in [3.05, 3.63) is 58.6 Å². The van der Waals surface area contributed by atoms with Gasteiger partial charge in [0.15, 0.2) is 0 Å². The minimum atomic E-state index is 0.564. The first kappa shape index (κ1) is 15.4. The molecule has 24 heavy (non-hydrogen) atoms. The Kier molecular flexibility index (Phi) is 4.08. The van der Waals surface area contributed by atoms with Crippen LogP contribution < -0.4 is 0 Å². The van der Waals surface area contributed by atoms with Gasteiger partial charge in [0, 0.05) is 5.56 Å². The number of thioether (sulfide) groups is 1. The average molecular weight is 353 g/mol. The molecule has 120 valence electrons. The van der Waals surface area contributed by atoms with Crippen molar-refractivity contribution in [3.63, 3.8) is 0 Å². The van der Waals surface area contributed by atoms with Crippen LogP contribution in [0.1, 0.15) is 16.1 Å². The van der Waals surface area contributed by atoms with Gasteiger partial charge in [-0.05, 0) is 38.1 Å². The molecule has 4 aromatic rings. The molecule has 0 saturated carbocycles. The first-order chi connectivity index (χ1) is 11.7. The van der Waals surface area contributed by atoms with E-state index in [2.05, 4.69) is 53.3 Å². The third-order valence-corrected chi connectivity index (χ3v) is 5.58.